The lowest BCUT2D eigenvalue weighted by molar-refractivity contribution is -0.114. The van der Waals surface area contributed by atoms with Crippen molar-refractivity contribution in [1.29, 1.82) is 0 Å². The molecule has 0 aliphatic carbocycles. The molecule has 0 fully saturated rings. The van der Waals surface area contributed by atoms with Gasteiger partial charge in [0.15, 0.2) is 0 Å². The van der Waals surface area contributed by atoms with Crippen molar-refractivity contribution >= 4 is 17.5 Å². The number of amides is 2. The summed E-state index contributed by atoms with van der Waals surface area (Å²) in [6, 6.07) is 6.80. The fraction of sp³-hybridized carbons (Fsp3) is 0.500. The molecule has 1 aromatic rings. The van der Waals surface area contributed by atoms with Gasteiger partial charge in [-0.15, -0.1) is 0 Å². The van der Waals surface area contributed by atoms with E-state index in [1.54, 1.807) is 24.3 Å². The first-order valence-corrected chi connectivity index (χ1v) is 7.22. The SMILES string of the molecule is CC(=O)Nc1ccc(C(=O)NCCCOCC(C)C)cc1. The Kier molecular flexibility index (Phi) is 7.46. The molecule has 0 spiro atoms. The Morgan fingerprint density at radius 2 is 1.86 bits per heavy atom. The summed E-state index contributed by atoms with van der Waals surface area (Å²) in [6.07, 6.45) is 0.794. The van der Waals surface area contributed by atoms with Gasteiger partial charge in [-0.1, -0.05) is 13.8 Å². The molecular formula is C16H24N2O3. The van der Waals surface area contributed by atoms with Crippen LogP contribution in [0.1, 0.15) is 37.6 Å². The predicted molar refractivity (Wildman–Crippen MR) is 83.4 cm³/mol. The summed E-state index contributed by atoms with van der Waals surface area (Å²) >= 11 is 0. The minimum absolute atomic E-state index is 0.117. The zero-order valence-corrected chi connectivity index (χ0v) is 12.9. The molecule has 0 saturated heterocycles. The van der Waals surface area contributed by atoms with Crippen molar-refractivity contribution in [3.05, 3.63) is 29.8 Å². The lowest BCUT2D eigenvalue weighted by Gasteiger charge is -2.08. The van der Waals surface area contributed by atoms with Crippen molar-refractivity contribution in [2.75, 3.05) is 25.1 Å². The molecule has 0 aromatic heterocycles. The van der Waals surface area contributed by atoms with E-state index in [0.29, 0.717) is 30.3 Å². The van der Waals surface area contributed by atoms with Gasteiger partial charge in [0, 0.05) is 37.9 Å². The number of rotatable bonds is 8. The molecule has 5 heteroatoms. The molecule has 116 valence electrons. The quantitative estimate of drug-likeness (QED) is 0.723. The summed E-state index contributed by atoms with van der Waals surface area (Å²) in [4.78, 5) is 22.8. The summed E-state index contributed by atoms with van der Waals surface area (Å²) < 4.78 is 5.44. The van der Waals surface area contributed by atoms with Crippen LogP contribution in [0.2, 0.25) is 0 Å². The third-order valence-electron chi connectivity index (χ3n) is 2.67. The van der Waals surface area contributed by atoms with Gasteiger partial charge in [0.2, 0.25) is 5.91 Å². The number of benzene rings is 1. The van der Waals surface area contributed by atoms with Crippen LogP contribution in [0.5, 0.6) is 0 Å². The van der Waals surface area contributed by atoms with Crippen molar-refractivity contribution < 1.29 is 14.3 Å². The molecule has 1 rings (SSSR count). The number of hydrogen-bond donors (Lipinski definition) is 2. The molecular weight excluding hydrogens is 268 g/mol. The van der Waals surface area contributed by atoms with E-state index in [1.165, 1.54) is 6.92 Å². The fourth-order valence-corrected chi connectivity index (χ4v) is 1.71. The highest BCUT2D eigenvalue weighted by molar-refractivity contribution is 5.95. The van der Waals surface area contributed by atoms with E-state index in [2.05, 4.69) is 24.5 Å². The average Bonchev–Trinajstić information content (AvgIpc) is 2.42. The molecule has 0 aliphatic rings. The van der Waals surface area contributed by atoms with E-state index in [4.69, 9.17) is 4.74 Å². The van der Waals surface area contributed by atoms with Crippen LogP contribution in [0, 0.1) is 5.92 Å². The van der Waals surface area contributed by atoms with Crippen molar-refractivity contribution in [1.82, 2.24) is 5.32 Å². The van der Waals surface area contributed by atoms with Gasteiger partial charge < -0.3 is 15.4 Å². The summed E-state index contributed by atoms with van der Waals surface area (Å²) in [6.45, 7) is 7.64. The Balaban J connectivity index is 2.27. The van der Waals surface area contributed by atoms with Crippen LogP contribution in [-0.2, 0) is 9.53 Å². The first kappa shape index (κ1) is 17.2. The van der Waals surface area contributed by atoms with Gasteiger partial charge in [-0.3, -0.25) is 9.59 Å². The molecule has 1 aromatic carbocycles. The highest BCUT2D eigenvalue weighted by Gasteiger charge is 2.05. The topological polar surface area (TPSA) is 67.4 Å². The van der Waals surface area contributed by atoms with E-state index in [0.717, 1.165) is 13.0 Å². The van der Waals surface area contributed by atoms with Crippen LogP contribution < -0.4 is 10.6 Å². The normalized spacial score (nSPS) is 10.5. The van der Waals surface area contributed by atoms with Gasteiger partial charge in [-0.25, -0.2) is 0 Å². The number of ether oxygens (including phenoxy) is 1. The molecule has 0 bridgehead atoms. The Hall–Kier alpha value is -1.88. The third-order valence-corrected chi connectivity index (χ3v) is 2.67. The maximum atomic E-state index is 11.9. The number of hydrogen-bond acceptors (Lipinski definition) is 3. The van der Waals surface area contributed by atoms with Crippen LogP contribution in [0.15, 0.2) is 24.3 Å². The number of nitrogens with one attached hydrogen (secondary N) is 2. The molecule has 2 N–H and O–H groups in total. The average molecular weight is 292 g/mol. The number of carbonyl (C=O) groups is 2. The fourth-order valence-electron chi connectivity index (χ4n) is 1.71. The first-order valence-electron chi connectivity index (χ1n) is 7.22. The van der Waals surface area contributed by atoms with Crippen molar-refractivity contribution in [2.24, 2.45) is 5.92 Å². The predicted octanol–water partition coefficient (Wildman–Crippen LogP) is 2.44. The smallest absolute Gasteiger partial charge is 0.251 e. The third kappa shape index (κ3) is 7.46. The molecule has 5 nitrogen and oxygen atoms in total. The Morgan fingerprint density at radius 3 is 2.43 bits per heavy atom. The molecule has 0 heterocycles. The molecule has 0 atom stereocenters. The van der Waals surface area contributed by atoms with Gasteiger partial charge >= 0.3 is 0 Å². The van der Waals surface area contributed by atoms with Crippen LogP contribution in [0.25, 0.3) is 0 Å². The maximum Gasteiger partial charge on any atom is 0.251 e. The molecule has 0 unspecified atom stereocenters. The second kappa shape index (κ2) is 9.13. The van der Waals surface area contributed by atoms with Crippen molar-refractivity contribution in [2.45, 2.75) is 27.2 Å². The largest absolute Gasteiger partial charge is 0.381 e. The van der Waals surface area contributed by atoms with Gasteiger partial charge in [-0.05, 0) is 36.6 Å². The molecule has 0 aliphatic heterocycles. The first-order chi connectivity index (χ1) is 9.99. The number of anilines is 1. The Labute approximate surface area is 126 Å². The monoisotopic (exact) mass is 292 g/mol. The van der Waals surface area contributed by atoms with E-state index in [9.17, 15) is 9.59 Å². The van der Waals surface area contributed by atoms with E-state index < -0.39 is 0 Å². The molecule has 2 amide bonds. The number of carbonyl (C=O) groups excluding carboxylic acids is 2. The zero-order valence-electron chi connectivity index (χ0n) is 12.9. The van der Waals surface area contributed by atoms with Crippen LogP contribution in [0.3, 0.4) is 0 Å². The summed E-state index contributed by atoms with van der Waals surface area (Å²) in [5.74, 6) is 0.281. The summed E-state index contributed by atoms with van der Waals surface area (Å²) in [5.41, 5.74) is 1.26. The highest BCUT2D eigenvalue weighted by atomic mass is 16.5. The summed E-state index contributed by atoms with van der Waals surface area (Å²) in [7, 11) is 0. The lowest BCUT2D eigenvalue weighted by Crippen LogP contribution is -2.25. The van der Waals surface area contributed by atoms with E-state index in [1.807, 2.05) is 0 Å². The highest BCUT2D eigenvalue weighted by Crippen LogP contribution is 2.09. The minimum Gasteiger partial charge on any atom is -0.381 e. The van der Waals surface area contributed by atoms with Gasteiger partial charge in [0.25, 0.3) is 5.91 Å². The van der Waals surface area contributed by atoms with E-state index >= 15 is 0 Å². The minimum atomic E-state index is -0.131. The van der Waals surface area contributed by atoms with Gasteiger partial charge in [-0.2, -0.15) is 0 Å². The molecule has 21 heavy (non-hydrogen) atoms. The Morgan fingerprint density at radius 1 is 1.19 bits per heavy atom. The maximum absolute atomic E-state index is 11.9. The molecule has 0 radical (unpaired) electrons. The van der Waals surface area contributed by atoms with Crippen molar-refractivity contribution in [3.8, 4) is 0 Å². The van der Waals surface area contributed by atoms with Crippen LogP contribution >= 0.6 is 0 Å². The zero-order chi connectivity index (χ0) is 15.7. The second-order valence-corrected chi connectivity index (χ2v) is 5.34. The molecule has 0 saturated carbocycles. The lowest BCUT2D eigenvalue weighted by atomic mass is 10.2. The van der Waals surface area contributed by atoms with Crippen LogP contribution in [-0.4, -0.2) is 31.6 Å². The van der Waals surface area contributed by atoms with Crippen molar-refractivity contribution in [3.63, 3.8) is 0 Å². The van der Waals surface area contributed by atoms with E-state index in [-0.39, 0.29) is 11.8 Å². The summed E-state index contributed by atoms with van der Waals surface area (Å²) in [5, 5.41) is 5.50. The van der Waals surface area contributed by atoms with Gasteiger partial charge in [0.05, 0.1) is 0 Å². The second-order valence-electron chi connectivity index (χ2n) is 5.34. The van der Waals surface area contributed by atoms with Crippen LogP contribution in [0.4, 0.5) is 5.69 Å². The Bertz CT molecular complexity index is 455. The van der Waals surface area contributed by atoms with Gasteiger partial charge in [0.1, 0.15) is 0 Å². The standard InChI is InChI=1S/C16H24N2O3/c1-12(2)11-21-10-4-9-17-16(20)14-5-7-15(8-6-14)18-13(3)19/h5-8,12H,4,9-11H2,1-3H3,(H,17,20)(H,18,19).